The second-order valence-corrected chi connectivity index (χ2v) is 8.38. The van der Waals surface area contributed by atoms with Crippen LogP contribution in [0.4, 0.5) is 5.13 Å². The third-order valence-corrected chi connectivity index (χ3v) is 6.45. The highest BCUT2D eigenvalue weighted by atomic mass is 32.2. The van der Waals surface area contributed by atoms with Crippen molar-refractivity contribution in [3.63, 3.8) is 0 Å². The third kappa shape index (κ3) is 4.63. The highest BCUT2D eigenvalue weighted by Gasteiger charge is 2.26. The standard InChI is InChI=1S/C16H19N3O4S2/c20-15(18-16-17-7-12-24-16)6-3-13-1-4-14(5-2-13)25(21,22)19-8-10-23-11-9-19/h1-2,4-5,7,12H,3,6,8-11H2,(H,17,18,20). The van der Waals surface area contributed by atoms with Gasteiger partial charge >= 0.3 is 0 Å². The van der Waals surface area contributed by atoms with Crippen molar-refractivity contribution in [2.45, 2.75) is 17.7 Å². The van der Waals surface area contributed by atoms with Crippen LogP contribution >= 0.6 is 11.3 Å². The molecule has 7 nitrogen and oxygen atoms in total. The second kappa shape index (κ2) is 8.05. The molecule has 1 fully saturated rings. The first-order valence-corrected chi connectivity index (χ1v) is 10.2. The normalized spacial score (nSPS) is 15.8. The van der Waals surface area contributed by atoms with E-state index in [0.717, 1.165) is 5.56 Å². The summed E-state index contributed by atoms with van der Waals surface area (Å²) in [6, 6.07) is 6.70. The quantitative estimate of drug-likeness (QED) is 0.823. The molecule has 0 spiro atoms. The number of benzene rings is 1. The van der Waals surface area contributed by atoms with Crippen molar-refractivity contribution in [2.24, 2.45) is 0 Å². The molecule has 1 saturated heterocycles. The molecule has 0 aliphatic carbocycles. The van der Waals surface area contributed by atoms with Gasteiger partial charge in [0, 0.05) is 31.1 Å². The van der Waals surface area contributed by atoms with E-state index in [1.54, 1.807) is 35.8 Å². The average molecular weight is 381 g/mol. The van der Waals surface area contributed by atoms with Crippen LogP contribution in [0.5, 0.6) is 0 Å². The number of carbonyl (C=O) groups excluding carboxylic acids is 1. The van der Waals surface area contributed by atoms with Crippen molar-refractivity contribution in [2.75, 3.05) is 31.6 Å². The third-order valence-electron chi connectivity index (χ3n) is 3.85. The molecule has 1 aromatic heterocycles. The predicted molar refractivity (Wildman–Crippen MR) is 95.1 cm³/mol. The molecule has 0 atom stereocenters. The molecule has 9 heteroatoms. The fourth-order valence-corrected chi connectivity index (χ4v) is 4.44. The number of carbonyl (C=O) groups is 1. The Kier molecular flexibility index (Phi) is 5.79. The van der Waals surface area contributed by atoms with Crippen LogP contribution in [0, 0.1) is 0 Å². The van der Waals surface area contributed by atoms with Crippen LogP contribution in [0.3, 0.4) is 0 Å². The number of amides is 1. The Hall–Kier alpha value is -1.81. The number of thiazole rings is 1. The van der Waals surface area contributed by atoms with Gasteiger partial charge in [0.15, 0.2) is 5.13 Å². The lowest BCUT2D eigenvalue weighted by atomic mass is 10.1. The van der Waals surface area contributed by atoms with Crippen molar-refractivity contribution in [3.05, 3.63) is 41.4 Å². The summed E-state index contributed by atoms with van der Waals surface area (Å²) in [4.78, 5) is 16.1. The molecule has 1 aromatic carbocycles. The number of nitrogens with one attached hydrogen (secondary N) is 1. The molecule has 3 rings (SSSR count). The van der Waals surface area contributed by atoms with Gasteiger partial charge < -0.3 is 10.1 Å². The maximum absolute atomic E-state index is 12.5. The number of aromatic nitrogens is 1. The van der Waals surface area contributed by atoms with Gasteiger partial charge in [-0.1, -0.05) is 12.1 Å². The van der Waals surface area contributed by atoms with Crippen LogP contribution in [0.2, 0.25) is 0 Å². The van der Waals surface area contributed by atoms with E-state index in [1.165, 1.54) is 15.6 Å². The van der Waals surface area contributed by atoms with Gasteiger partial charge in [-0.2, -0.15) is 4.31 Å². The highest BCUT2D eigenvalue weighted by Crippen LogP contribution is 2.18. The number of sulfonamides is 1. The van der Waals surface area contributed by atoms with Crippen molar-refractivity contribution >= 4 is 32.4 Å². The highest BCUT2D eigenvalue weighted by molar-refractivity contribution is 7.89. The van der Waals surface area contributed by atoms with E-state index in [9.17, 15) is 13.2 Å². The summed E-state index contributed by atoms with van der Waals surface area (Å²) in [7, 11) is -3.48. The maximum atomic E-state index is 12.5. The minimum absolute atomic E-state index is 0.111. The number of hydrogen-bond donors (Lipinski definition) is 1. The second-order valence-electron chi connectivity index (χ2n) is 5.55. The van der Waals surface area contributed by atoms with Crippen molar-refractivity contribution in [1.82, 2.24) is 9.29 Å². The zero-order chi connectivity index (χ0) is 17.7. The number of aryl methyl sites for hydroxylation is 1. The monoisotopic (exact) mass is 381 g/mol. The lowest BCUT2D eigenvalue weighted by Crippen LogP contribution is -2.40. The molecule has 1 N–H and O–H groups in total. The maximum Gasteiger partial charge on any atom is 0.243 e. The Morgan fingerprint density at radius 3 is 2.60 bits per heavy atom. The van der Waals surface area contributed by atoms with E-state index in [0.29, 0.717) is 44.3 Å². The van der Waals surface area contributed by atoms with Gasteiger partial charge in [0.05, 0.1) is 18.1 Å². The van der Waals surface area contributed by atoms with E-state index in [-0.39, 0.29) is 10.8 Å². The lowest BCUT2D eigenvalue weighted by Gasteiger charge is -2.26. The summed E-state index contributed by atoms with van der Waals surface area (Å²) in [6.45, 7) is 1.60. The zero-order valence-corrected chi connectivity index (χ0v) is 15.2. The first-order chi connectivity index (χ1) is 12.1. The van der Waals surface area contributed by atoms with Gasteiger partial charge in [0.2, 0.25) is 15.9 Å². The zero-order valence-electron chi connectivity index (χ0n) is 13.6. The molecule has 2 heterocycles. The predicted octanol–water partition coefficient (Wildman–Crippen LogP) is 1.74. The van der Waals surface area contributed by atoms with Gasteiger partial charge in [-0.05, 0) is 24.1 Å². The Morgan fingerprint density at radius 2 is 1.96 bits per heavy atom. The minimum atomic E-state index is -3.48. The molecule has 2 aromatic rings. The fourth-order valence-electron chi connectivity index (χ4n) is 2.49. The first kappa shape index (κ1) is 18.0. The topological polar surface area (TPSA) is 88.6 Å². The average Bonchev–Trinajstić information content (AvgIpc) is 3.14. The molecule has 25 heavy (non-hydrogen) atoms. The smallest absolute Gasteiger partial charge is 0.243 e. The van der Waals surface area contributed by atoms with Crippen LogP contribution in [0.1, 0.15) is 12.0 Å². The van der Waals surface area contributed by atoms with Gasteiger partial charge in [-0.15, -0.1) is 11.3 Å². The minimum Gasteiger partial charge on any atom is -0.379 e. The molecular weight excluding hydrogens is 362 g/mol. The van der Waals surface area contributed by atoms with Crippen LogP contribution in [0.25, 0.3) is 0 Å². The summed E-state index contributed by atoms with van der Waals surface area (Å²) >= 11 is 1.37. The summed E-state index contributed by atoms with van der Waals surface area (Å²) < 4.78 is 31.7. The number of nitrogens with zero attached hydrogens (tertiary/aromatic N) is 2. The van der Waals surface area contributed by atoms with E-state index < -0.39 is 10.0 Å². The summed E-state index contributed by atoms with van der Waals surface area (Å²) in [6.07, 6.45) is 2.48. The Morgan fingerprint density at radius 1 is 1.24 bits per heavy atom. The molecule has 1 amide bonds. The van der Waals surface area contributed by atoms with E-state index in [4.69, 9.17) is 4.74 Å². The molecular formula is C16H19N3O4S2. The molecule has 0 bridgehead atoms. The molecule has 0 unspecified atom stereocenters. The van der Waals surface area contributed by atoms with Crippen LogP contribution in [0.15, 0.2) is 40.7 Å². The molecule has 0 saturated carbocycles. The summed E-state index contributed by atoms with van der Waals surface area (Å²) in [5, 5.41) is 5.10. The van der Waals surface area contributed by atoms with Crippen LogP contribution < -0.4 is 5.32 Å². The van der Waals surface area contributed by atoms with Gasteiger partial charge in [-0.25, -0.2) is 13.4 Å². The summed E-state index contributed by atoms with van der Waals surface area (Å²) in [5.74, 6) is -0.111. The molecule has 1 aliphatic rings. The number of ether oxygens (including phenoxy) is 1. The number of rotatable bonds is 6. The molecule has 134 valence electrons. The number of morpholine rings is 1. The van der Waals surface area contributed by atoms with Crippen molar-refractivity contribution in [1.29, 1.82) is 0 Å². The van der Waals surface area contributed by atoms with Gasteiger partial charge in [0.25, 0.3) is 0 Å². The lowest BCUT2D eigenvalue weighted by molar-refractivity contribution is -0.116. The largest absolute Gasteiger partial charge is 0.379 e. The van der Waals surface area contributed by atoms with E-state index >= 15 is 0 Å². The van der Waals surface area contributed by atoms with Gasteiger partial charge in [0.1, 0.15) is 0 Å². The fraction of sp³-hybridized carbons (Fsp3) is 0.375. The molecule has 1 aliphatic heterocycles. The SMILES string of the molecule is O=C(CCc1ccc(S(=O)(=O)N2CCOCC2)cc1)Nc1nccs1. The van der Waals surface area contributed by atoms with Crippen molar-refractivity contribution in [3.8, 4) is 0 Å². The number of hydrogen-bond acceptors (Lipinski definition) is 6. The number of anilines is 1. The van der Waals surface area contributed by atoms with Gasteiger partial charge in [-0.3, -0.25) is 4.79 Å². The summed E-state index contributed by atoms with van der Waals surface area (Å²) in [5.41, 5.74) is 0.912. The van der Waals surface area contributed by atoms with Crippen LogP contribution in [-0.4, -0.2) is 49.9 Å². The van der Waals surface area contributed by atoms with Crippen LogP contribution in [-0.2, 0) is 26.0 Å². The Labute approximate surface area is 150 Å². The van der Waals surface area contributed by atoms with E-state index in [1.807, 2.05) is 0 Å². The molecule has 0 radical (unpaired) electrons. The van der Waals surface area contributed by atoms with E-state index in [2.05, 4.69) is 10.3 Å². The first-order valence-electron chi connectivity index (χ1n) is 7.92. The Bertz CT molecular complexity index is 798. The Balaban J connectivity index is 1.57. The van der Waals surface area contributed by atoms with Crippen molar-refractivity contribution < 1.29 is 17.9 Å².